The Hall–Kier alpha value is -0.930. The molecule has 1 heterocycles. The highest BCUT2D eigenvalue weighted by molar-refractivity contribution is 6.42. The summed E-state index contributed by atoms with van der Waals surface area (Å²) in [6, 6.07) is 9.25. The zero-order valence-electron chi connectivity index (χ0n) is 11.0. The molecular weight excluding hydrogens is 350 g/mol. The van der Waals surface area contributed by atoms with Crippen LogP contribution >= 0.6 is 46.4 Å². The second-order valence-corrected chi connectivity index (χ2v) is 6.12. The molecule has 0 N–H and O–H groups in total. The first-order chi connectivity index (χ1) is 10.0. The number of hydrogen-bond acceptors (Lipinski definition) is 1. The number of rotatable bonds is 2. The van der Waals surface area contributed by atoms with Crippen molar-refractivity contribution in [2.45, 2.75) is 12.8 Å². The van der Waals surface area contributed by atoms with Crippen LogP contribution in [0.1, 0.15) is 11.4 Å². The topological polar surface area (TPSA) is 17.8 Å². The van der Waals surface area contributed by atoms with Gasteiger partial charge in [-0.05, 0) is 36.8 Å². The lowest BCUT2D eigenvalue weighted by molar-refractivity contribution is 0.972. The molecule has 0 aliphatic heterocycles. The van der Waals surface area contributed by atoms with Gasteiger partial charge in [-0.3, -0.25) is 4.57 Å². The molecule has 0 saturated heterocycles. The van der Waals surface area contributed by atoms with Gasteiger partial charge in [0.25, 0.3) is 0 Å². The molecule has 2 aromatic carbocycles. The van der Waals surface area contributed by atoms with Gasteiger partial charge in [0.2, 0.25) is 0 Å². The normalized spacial score (nSPS) is 11.3. The van der Waals surface area contributed by atoms with Gasteiger partial charge in [0.15, 0.2) is 0 Å². The van der Waals surface area contributed by atoms with Gasteiger partial charge in [0, 0.05) is 5.02 Å². The van der Waals surface area contributed by atoms with Crippen molar-refractivity contribution in [3.63, 3.8) is 0 Å². The molecule has 0 aliphatic rings. The van der Waals surface area contributed by atoms with Gasteiger partial charge in [0.05, 0.1) is 32.6 Å². The van der Waals surface area contributed by atoms with Gasteiger partial charge < -0.3 is 0 Å². The number of alkyl halides is 1. The van der Waals surface area contributed by atoms with Crippen molar-refractivity contribution in [1.29, 1.82) is 0 Å². The fraction of sp³-hybridized carbons (Fsp3) is 0.133. The summed E-state index contributed by atoms with van der Waals surface area (Å²) in [5, 5.41) is 1.64. The molecule has 0 aliphatic carbocycles. The first kappa shape index (κ1) is 15.0. The minimum atomic E-state index is 0.274. The van der Waals surface area contributed by atoms with Crippen LogP contribution in [0.25, 0.3) is 16.7 Å². The Kier molecular flexibility index (Phi) is 4.06. The van der Waals surface area contributed by atoms with Crippen molar-refractivity contribution < 1.29 is 0 Å². The van der Waals surface area contributed by atoms with E-state index in [0.717, 1.165) is 28.1 Å². The first-order valence-corrected chi connectivity index (χ1v) is 7.87. The molecule has 3 aromatic rings. The summed E-state index contributed by atoms with van der Waals surface area (Å²) in [6.07, 6.45) is 0. The van der Waals surface area contributed by atoms with Gasteiger partial charge in [-0.2, -0.15) is 0 Å². The van der Waals surface area contributed by atoms with Crippen molar-refractivity contribution in [2.24, 2.45) is 0 Å². The van der Waals surface area contributed by atoms with Crippen LogP contribution in [0, 0.1) is 6.92 Å². The SMILES string of the molecule is Cc1c(Cl)cccc1-n1c(CCl)nc2cc(Cl)c(Cl)cc21. The van der Waals surface area contributed by atoms with Crippen molar-refractivity contribution in [2.75, 3.05) is 0 Å². The van der Waals surface area contributed by atoms with E-state index >= 15 is 0 Å². The summed E-state index contributed by atoms with van der Waals surface area (Å²) in [7, 11) is 0. The van der Waals surface area contributed by atoms with E-state index in [-0.39, 0.29) is 5.88 Å². The number of hydrogen-bond donors (Lipinski definition) is 0. The minimum absolute atomic E-state index is 0.274. The van der Waals surface area contributed by atoms with Crippen molar-refractivity contribution >= 4 is 57.4 Å². The van der Waals surface area contributed by atoms with Gasteiger partial charge in [-0.15, -0.1) is 11.6 Å². The monoisotopic (exact) mass is 358 g/mol. The van der Waals surface area contributed by atoms with E-state index in [1.165, 1.54) is 0 Å². The fourth-order valence-corrected chi connectivity index (χ4v) is 2.98. The summed E-state index contributed by atoms with van der Waals surface area (Å²) in [4.78, 5) is 4.53. The predicted octanol–water partition coefficient (Wildman–Crippen LogP) is 6.03. The molecule has 3 rings (SSSR count). The zero-order valence-corrected chi connectivity index (χ0v) is 14.0. The maximum atomic E-state index is 6.22. The number of fused-ring (bicyclic) bond motifs is 1. The molecule has 2 nitrogen and oxygen atoms in total. The molecule has 0 atom stereocenters. The van der Waals surface area contributed by atoms with Crippen LogP contribution in [0.5, 0.6) is 0 Å². The Morgan fingerprint density at radius 2 is 1.76 bits per heavy atom. The van der Waals surface area contributed by atoms with Crippen LogP contribution in [-0.4, -0.2) is 9.55 Å². The molecular formula is C15H10Cl4N2. The summed E-state index contributed by atoms with van der Waals surface area (Å²) in [5.41, 5.74) is 3.49. The molecule has 108 valence electrons. The maximum absolute atomic E-state index is 6.22. The van der Waals surface area contributed by atoms with E-state index in [2.05, 4.69) is 4.98 Å². The van der Waals surface area contributed by atoms with E-state index in [9.17, 15) is 0 Å². The molecule has 0 saturated carbocycles. The Morgan fingerprint density at radius 1 is 1.05 bits per heavy atom. The lowest BCUT2D eigenvalue weighted by Gasteiger charge is -2.12. The number of halogens is 4. The Morgan fingerprint density at radius 3 is 2.48 bits per heavy atom. The molecule has 1 aromatic heterocycles. The lowest BCUT2D eigenvalue weighted by atomic mass is 10.2. The molecule has 0 fully saturated rings. The van der Waals surface area contributed by atoms with Crippen LogP contribution in [-0.2, 0) is 5.88 Å². The van der Waals surface area contributed by atoms with Crippen LogP contribution in [0.15, 0.2) is 30.3 Å². The molecule has 0 amide bonds. The zero-order chi connectivity index (χ0) is 15.1. The Labute approximate surface area is 142 Å². The van der Waals surface area contributed by atoms with Crippen LogP contribution in [0.2, 0.25) is 15.1 Å². The molecule has 6 heteroatoms. The minimum Gasteiger partial charge on any atom is -0.295 e. The summed E-state index contributed by atoms with van der Waals surface area (Å²) in [5.74, 6) is 0.992. The highest BCUT2D eigenvalue weighted by atomic mass is 35.5. The van der Waals surface area contributed by atoms with E-state index in [1.807, 2.05) is 29.7 Å². The Bertz CT molecular complexity index is 839. The third-order valence-electron chi connectivity index (χ3n) is 3.37. The smallest absolute Gasteiger partial charge is 0.129 e. The summed E-state index contributed by atoms with van der Waals surface area (Å²) >= 11 is 24.5. The van der Waals surface area contributed by atoms with Gasteiger partial charge in [-0.1, -0.05) is 40.9 Å². The number of benzene rings is 2. The molecule has 0 spiro atoms. The van der Waals surface area contributed by atoms with E-state index in [0.29, 0.717) is 15.1 Å². The van der Waals surface area contributed by atoms with Gasteiger partial charge in [-0.25, -0.2) is 4.98 Å². The lowest BCUT2D eigenvalue weighted by Crippen LogP contribution is -2.01. The predicted molar refractivity (Wildman–Crippen MR) is 90.4 cm³/mol. The second-order valence-electron chi connectivity index (χ2n) is 4.64. The van der Waals surface area contributed by atoms with Crippen molar-refractivity contribution in [1.82, 2.24) is 9.55 Å². The van der Waals surface area contributed by atoms with Crippen molar-refractivity contribution in [3.8, 4) is 5.69 Å². The maximum Gasteiger partial charge on any atom is 0.129 e. The average molecular weight is 360 g/mol. The first-order valence-electron chi connectivity index (χ1n) is 6.20. The molecule has 0 unspecified atom stereocenters. The third-order valence-corrected chi connectivity index (χ3v) is 4.74. The van der Waals surface area contributed by atoms with Gasteiger partial charge >= 0.3 is 0 Å². The van der Waals surface area contributed by atoms with E-state index < -0.39 is 0 Å². The number of nitrogens with zero attached hydrogens (tertiary/aromatic N) is 2. The Balaban J connectivity index is 2.40. The van der Waals surface area contributed by atoms with Crippen molar-refractivity contribution in [3.05, 3.63) is 56.8 Å². The average Bonchev–Trinajstić information content (AvgIpc) is 2.80. The summed E-state index contributed by atoms with van der Waals surface area (Å²) in [6.45, 7) is 1.96. The van der Waals surface area contributed by atoms with Crippen LogP contribution in [0.3, 0.4) is 0 Å². The second kappa shape index (κ2) is 5.69. The number of aromatic nitrogens is 2. The molecule has 0 radical (unpaired) electrons. The molecule has 0 bridgehead atoms. The fourth-order valence-electron chi connectivity index (χ4n) is 2.32. The van der Waals surface area contributed by atoms with E-state index in [1.54, 1.807) is 12.1 Å². The largest absolute Gasteiger partial charge is 0.295 e. The van der Waals surface area contributed by atoms with Crippen LogP contribution < -0.4 is 0 Å². The van der Waals surface area contributed by atoms with Crippen LogP contribution in [0.4, 0.5) is 0 Å². The molecule has 21 heavy (non-hydrogen) atoms. The highest BCUT2D eigenvalue weighted by Gasteiger charge is 2.16. The number of imidazole rings is 1. The third kappa shape index (κ3) is 2.51. The van der Waals surface area contributed by atoms with E-state index in [4.69, 9.17) is 46.4 Å². The standard InChI is InChI=1S/C15H10Cl4N2/c1-8-9(17)3-2-4-13(8)21-14-6-11(19)10(18)5-12(14)20-15(21)7-16/h2-6H,7H2,1H3. The quantitative estimate of drug-likeness (QED) is 0.510. The highest BCUT2D eigenvalue weighted by Crippen LogP contribution is 2.32. The van der Waals surface area contributed by atoms with Gasteiger partial charge in [0.1, 0.15) is 5.82 Å². The summed E-state index contributed by atoms with van der Waals surface area (Å²) < 4.78 is 1.96.